The number of alkyl halides is 3. The van der Waals surface area contributed by atoms with Crippen LogP contribution in [0.25, 0.3) is 0 Å². The number of nitrogens with zero attached hydrogens (tertiary/aromatic N) is 1. The molecule has 28 heavy (non-hydrogen) atoms. The minimum Gasteiger partial charge on any atom is -0.468 e. The minimum absolute atomic E-state index is 0.0545. The summed E-state index contributed by atoms with van der Waals surface area (Å²) in [7, 11) is -5.44. The standard InChI is InChI=1S/C18H21F3N2O4S/c1-3-23(4-2)15(16-6-5-11-27-16)12-22-17(24)13-7-9-14(10-8-13)28(25,26)18(19,20)21/h5-11,15H,3-4,12H2,1-2H3,(H,22,24). The van der Waals surface area contributed by atoms with Crippen LogP contribution in [0.5, 0.6) is 0 Å². The Morgan fingerprint density at radius 2 is 1.75 bits per heavy atom. The van der Waals surface area contributed by atoms with Gasteiger partial charge in [0, 0.05) is 12.1 Å². The van der Waals surface area contributed by atoms with E-state index >= 15 is 0 Å². The Morgan fingerprint density at radius 1 is 1.14 bits per heavy atom. The van der Waals surface area contributed by atoms with Crippen LogP contribution in [0.15, 0.2) is 52.0 Å². The van der Waals surface area contributed by atoms with E-state index in [1.54, 1.807) is 12.1 Å². The van der Waals surface area contributed by atoms with Crippen molar-refractivity contribution in [2.45, 2.75) is 30.3 Å². The topological polar surface area (TPSA) is 79.6 Å². The lowest BCUT2D eigenvalue weighted by molar-refractivity contribution is -0.0436. The number of carbonyl (C=O) groups is 1. The molecule has 154 valence electrons. The monoisotopic (exact) mass is 418 g/mol. The second-order valence-electron chi connectivity index (χ2n) is 5.94. The number of likely N-dealkylation sites (N-methyl/N-ethyl adjacent to an activating group) is 1. The number of nitrogens with one attached hydrogen (secondary N) is 1. The molecule has 0 radical (unpaired) electrons. The third kappa shape index (κ3) is 4.74. The van der Waals surface area contributed by atoms with Crippen molar-refractivity contribution in [1.82, 2.24) is 10.2 Å². The Labute approximate surface area is 161 Å². The third-order valence-corrected chi connectivity index (χ3v) is 5.81. The molecule has 1 amide bonds. The number of carbonyl (C=O) groups excluding carboxylic acids is 1. The molecule has 2 aromatic rings. The molecule has 1 N–H and O–H groups in total. The Bertz CT molecular complexity index is 875. The maximum absolute atomic E-state index is 12.6. The summed E-state index contributed by atoms with van der Waals surface area (Å²) >= 11 is 0. The number of furan rings is 1. The largest absolute Gasteiger partial charge is 0.501 e. The summed E-state index contributed by atoms with van der Waals surface area (Å²) in [6.45, 7) is 5.61. The van der Waals surface area contributed by atoms with Crippen LogP contribution < -0.4 is 5.32 Å². The van der Waals surface area contributed by atoms with Gasteiger partial charge < -0.3 is 9.73 Å². The molecule has 0 saturated heterocycles. The highest BCUT2D eigenvalue weighted by Crippen LogP contribution is 2.30. The van der Waals surface area contributed by atoms with Gasteiger partial charge in [-0.1, -0.05) is 13.8 Å². The summed E-state index contributed by atoms with van der Waals surface area (Å²) in [4.78, 5) is 13.5. The van der Waals surface area contributed by atoms with E-state index in [1.807, 2.05) is 13.8 Å². The van der Waals surface area contributed by atoms with Crippen molar-refractivity contribution in [3.63, 3.8) is 0 Å². The van der Waals surface area contributed by atoms with Gasteiger partial charge >= 0.3 is 5.51 Å². The quantitative estimate of drug-likeness (QED) is 0.711. The van der Waals surface area contributed by atoms with Gasteiger partial charge in [0.1, 0.15) is 5.76 Å². The average Bonchev–Trinajstić information content (AvgIpc) is 3.18. The van der Waals surface area contributed by atoms with Crippen molar-refractivity contribution in [2.75, 3.05) is 19.6 Å². The number of benzene rings is 1. The van der Waals surface area contributed by atoms with Gasteiger partial charge in [0.25, 0.3) is 15.7 Å². The molecule has 1 atom stereocenters. The van der Waals surface area contributed by atoms with Gasteiger partial charge in [-0.25, -0.2) is 8.42 Å². The van der Waals surface area contributed by atoms with E-state index in [9.17, 15) is 26.4 Å². The predicted molar refractivity (Wildman–Crippen MR) is 96.4 cm³/mol. The van der Waals surface area contributed by atoms with E-state index in [0.717, 1.165) is 37.4 Å². The van der Waals surface area contributed by atoms with E-state index in [-0.39, 0.29) is 18.2 Å². The van der Waals surface area contributed by atoms with Crippen LogP contribution in [0.4, 0.5) is 13.2 Å². The van der Waals surface area contributed by atoms with Gasteiger partial charge in [0.15, 0.2) is 0 Å². The van der Waals surface area contributed by atoms with E-state index in [0.29, 0.717) is 5.76 Å². The fourth-order valence-electron chi connectivity index (χ4n) is 2.77. The van der Waals surface area contributed by atoms with Crippen LogP contribution in [-0.4, -0.2) is 44.4 Å². The van der Waals surface area contributed by atoms with E-state index in [2.05, 4.69) is 10.2 Å². The highest BCUT2D eigenvalue weighted by molar-refractivity contribution is 7.92. The molecule has 0 spiro atoms. The first-order valence-electron chi connectivity index (χ1n) is 8.58. The van der Waals surface area contributed by atoms with Crippen LogP contribution in [0.1, 0.15) is 36.0 Å². The van der Waals surface area contributed by atoms with Crippen molar-refractivity contribution in [3.05, 3.63) is 54.0 Å². The molecule has 6 nitrogen and oxygen atoms in total. The number of halogens is 3. The molecular weight excluding hydrogens is 397 g/mol. The molecule has 2 rings (SSSR count). The number of hydrogen-bond acceptors (Lipinski definition) is 5. The third-order valence-electron chi connectivity index (χ3n) is 4.31. The van der Waals surface area contributed by atoms with Crippen molar-refractivity contribution in [2.24, 2.45) is 0 Å². The lowest BCUT2D eigenvalue weighted by Crippen LogP contribution is -2.37. The van der Waals surface area contributed by atoms with Gasteiger partial charge in [-0.15, -0.1) is 0 Å². The molecule has 0 aliphatic rings. The first-order valence-corrected chi connectivity index (χ1v) is 10.1. The van der Waals surface area contributed by atoms with Gasteiger partial charge in [-0.3, -0.25) is 9.69 Å². The maximum Gasteiger partial charge on any atom is 0.501 e. The van der Waals surface area contributed by atoms with Crippen LogP contribution in [0.2, 0.25) is 0 Å². The molecule has 1 aromatic carbocycles. The highest BCUT2D eigenvalue weighted by Gasteiger charge is 2.46. The molecule has 0 bridgehead atoms. The molecule has 0 aliphatic heterocycles. The molecule has 0 fully saturated rings. The number of rotatable bonds is 8. The van der Waals surface area contributed by atoms with Gasteiger partial charge in [0.2, 0.25) is 0 Å². The minimum atomic E-state index is -5.44. The van der Waals surface area contributed by atoms with E-state index in [1.165, 1.54) is 6.26 Å². The summed E-state index contributed by atoms with van der Waals surface area (Å²) in [6.07, 6.45) is 1.54. The molecule has 0 saturated carbocycles. The average molecular weight is 418 g/mol. The van der Waals surface area contributed by atoms with Crippen molar-refractivity contribution in [3.8, 4) is 0 Å². The summed E-state index contributed by atoms with van der Waals surface area (Å²) in [5, 5.41) is 2.71. The van der Waals surface area contributed by atoms with Gasteiger partial charge in [-0.05, 0) is 49.5 Å². The lowest BCUT2D eigenvalue weighted by atomic mass is 10.1. The molecule has 1 aromatic heterocycles. The number of hydrogen-bond donors (Lipinski definition) is 1. The molecule has 0 aliphatic carbocycles. The van der Waals surface area contributed by atoms with Gasteiger partial charge in [0.05, 0.1) is 17.2 Å². The van der Waals surface area contributed by atoms with Crippen molar-refractivity contribution >= 4 is 15.7 Å². The summed E-state index contributed by atoms with van der Waals surface area (Å²) in [6, 6.07) is 6.97. The molecular formula is C18H21F3N2O4S. The van der Waals surface area contributed by atoms with Crippen molar-refractivity contribution in [1.29, 1.82) is 0 Å². The fraction of sp³-hybridized carbons (Fsp3) is 0.389. The van der Waals surface area contributed by atoms with Crippen LogP contribution in [-0.2, 0) is 9.84 Å². The zero-order valence-electron chi connectivity index (χ0n) is 15.4. The zero-order chi connectivity index (χ0) is 20.9. The van der Waals surface area contributed by atoms with Crippen LogP contribution >= 0.6 is 0 Å². The Morgan fingerprint density at radius 3 is 2.21 bits per heavy atom. The van der Waals surface area contributed by atoms with E-state index in [4.69, 9.17) is 4.42 Å². The van der Waals surface area contributed by atoms with E-state index < -0.39 is 26.1 Å². The smallest absolute Gasteiger partial charge is 0.468 e. The first-order chi connectivity index (χ1) is 13.1. The lowest BCUT2D eigenvalue weighted by Gasteiger charge is -2.28. The fourth-order valence-corrected chi connectivity index (χ4v) is 3.53. The molecule has 10 heteroatoms. The summed E-state index contributed by atoms with van der Waals surface area (Å²) in [5.74, 6) is 0.148. The molecule has 1 heterocycles. The Balaban J connectivity index is 2.12. The maximum atomic E-state index is 12.6. The number of amides is 1. The summed E-state index contributed by atoms with van der Waals surface area (Å²) < 4.78 is 66.0. The number of sulfone groups is 1. The van der Waals surface area contributed by atoms with Crippen molar-refractivity contribution < 1.29 is 30.8 Å². The second-order valence-corrected chi connectivity index (χ2v) is 7.88. The Kier molecular flexibility index (Phi) is 6.89. The summed E-state index contributed by atoms with van der Waals surface area (Å²) in [5.41, 5.74) is -5.34. The normalized spacial score (nSPS) is 13.5. The SMILES string of the molecule is CCN(CC)C(CNC(=O)c1ccc(S(=O)(=O)C(F)(F)F)cc1)c1ccco1. The Hall–Kier alpha value is -2.33. The van der Waals surface area contributed by atoms with Gasteiger partial charge in [-0.2, -0.15) is 13.2 Å². The first kappa shape index (κ1) is 22.0. The molecule has 1 unspecified atom stereocenters. The highest BCUT2D eigenvalue weighted by atomic mass is 32.2. The van der Waals surface area contributed by atoms with Crippen LogP contribution in [0.3, 0.4) is 0 Å². The second kappa shape index (κ2) is 8.78. The van der Waals surface area contributed by atoms with Crippen LogP contribution in [0, 0.1) is 0 Å². The zero-order valence-corrected chi connectivity index (χ0v) is 16.2. The predicted octanol–water partition coefficient (Wildman–Crippen LogP) is 3.39.